The van der Waals surface area contributed by atoms with Gasteiger partial charge in [-0.25, -0.2) is 0 Å². The van der Waals surface area contributed by atoms with Gasteiger partial charge in [0.2, 0.25) is 0 Å². The molecule has 0 saturated carbocycles. The molecule has 0 saturated heterocycles. The summed E-state index contributed by atoms with van der Waals surface area (Å²) < 4.78 is 16.4. The number of hydrogen-bond acceptors (Lipinski definition) is 3. The van der Waals surface area contributed by atoms with Crippen LogP contribution in [0.15, 0.2) is 56.2 Å². The van der Waals surface area contributed by atoms with Crippen LogP contribution in [-0.2, 0) is 14.2 Å². The first-order valence-electron chi connectivity index (χ1n) is 6.76. The van der Waals surface area contributed by atoms with E-state index in [4.69, 9.17) is 14.2 Å². The van der Waals surface area contributed by atoms with E-state index in [9.17, 15) is 0 Å². The zero-order valence-electron chi connectivity index (χ0n) is 13.0. The van der Waals surface area contributed by atoms with Crippen LogP contribution < -0.4 is 0 Å². The summed E-state index contributed by atoms with van der Waals surface area (Å²) in [4.78, 5) is 0. The molecule has 0 aliphatic carbocycles. The monoisotopic (exact) mass is 288 g/mol. The Kier molecular flexibility index (Phi) is 7.09. The van der Waals surface area contributed by atoms with Crippen LogP contribution in [0.2, 0.25) is 0 Å². The van der Waals surface area contributed by atoms with Gasteiger partial charge in [0.15, 0.2) is 0 Å². The Morgan fingerprint density at radius 2 is 1.24 bits per heavy atom. The maximum absolute atomic E-state index is 5.49. The third-order valence-corrected chi connectivity index (χ3v) is 3.46. The van der Waals surface area contributed by atoms with E-state index in [2.05, 4.69) is 19.7 Å². The summed E-state index contributed by atoms with van der Waals surface area (Å²) in [5.41, 5.74) is 3.00. The summed E-state index contributed by atoms with van der Waals surface area (Å²) in [5, 5.41) is 0. The molecule has 3 atom stereocenters. The number of benzene rings is 1. The van der Waals surface area contributed by atoms with Crippen LogP contribution in [0.5, 0.6) is 0 Å². The molecule has 0 bridgehead atoms. The highest BCUT2D eigenvalue weighted by molar-refractivity contribution is 5.40. The van der Waals surface area contributed by atoms with Crippen molar-refractivity contribution >= 4 is 0 Å². The molecule has 0 N–H and O–H groups in total. The van der Waals surface area contributed by atoms with Gasteiger partial charge in [-0.3, -0.25) is 0 Å². The maximum Gasteiger partial charge on any atom is 0.100 e. The van der Waals surface area contributed by atoms with Crippen molar-refractivity contribution in [3.05, 3.63) is 72.9 Å². The summed E-state index contributed by atoms with van der Waals surface area (Å²) in [7, 11) is 4.96. The lowest BCUT2D eigenvalue weighted by Crippen LogP contribution is -2.09. The van der Waals surface area contributed by atoms with Crippen molar-refractivity contribution in [1.29, 1.82) is 0 Å². The minimum atomic E-state index is -0.222. The van der Waals surface area contributed by atoms with E-state index >= 15 is 0 Å². The highest BCUT2D eigenvalue weighted by Crippen LogP contribution is 2.32. The second-order valence-electron chi connectivity index (χ2n) is 4.56. The summed E-state index contributed by atoms with van der Waals surface area (Å²) >= 11 is 0. The molecule has 0 fully saturated rings. The van der Waals surface area contributed by atoms with Crippen molar-refractivity contribution in [3.8, 4) is 0 Å². The van der Waals surface area contributed by atoms with Crippen LogP contribution in [0.1, 0.15) is 35.0 Å². The van der Waals surface area contributed by atoms with Crippen LogP contribution in [0.3, 0.4) is 0 Å². The highest BCUT2D eigenvalue weighted by atomic mass is 16.5. The second-order valence-corrected chi connectivity index (χ2v) is 4.56. The fraction of sp³-hybridized carbons (Fsp3) is 0.333. The van der Waals surface area contributed by atoms with Crippen LogP contribution in [0, 0.1) is 0 Å². The Bertz CT molecular complexity index is 493. The molecule has 0 aliphatic rings. The number of rotatable bonds is 9. The molecule has 1 aromatic rings. The lowest BCUT2D eigenvalue weighted by molar-refractivity contribution is 0.123. The number of methoxy groups -OCH3 is 3. The first kappa shape index (κ1) is 17.4. The molecule has 3 heteroatoms. The van der Waals surface area contributed by atoms with Gasteiger partial charge in [-0.05, 0) is 22.8 Å². The topological polar surface area (TPSA) is 27.7 Å². The molecule has 1 rings (SSSR count). The standard InChI is InChI=1S/C18H24O3/c1-7-16(19-4)13-10-11-14(17(8-2)20-5)15(12-13)18(9-3)21-6/h7-12,16-18H,1-3H2,4-6H3. The van der Waals surface area contributed by atoms with Crippen LogP contribution in [0.4, 0.5) is 0 Å². The Morgan fingerprint density at radius 1 is 0.762 bits per heavy atom. The molecule has 3 unspecified atom stereocenters. The summed E-state index contributed by atoms with van der Waals surface area (Å²) in [5.74, 6) is 0. The zero-order valence-corrected chi connectivity index (χ0v) is 13.0. The fourth-order valence-corrected chi connectivity index (χ4v) is 2.34. The van der Waals surface area contributed by atoms with Gasteiger partial charge in [-0.15, -0.1) is 19.7 Å². The van der Waals surface area contributed by atoms with Gasteiger partial charge in [0.05, 0.1) is 6.10 Å². The molecule has 21 heavy (non-hydrogen) atoms. The average Bonchev–Trinajstić information content (AvgIpc) is 2.52. The van der Waals surface area contributed by atoms with Crippen molar-refractivity contribution in [1.82, 2.24) is 0 Å². The quantitative estimate of drug-likeness (QED) is 0.634. The predicted octanol–water partition coefficient (Wildman–Crippen LogP) is 4.31. The Balaban J connectivity index is 3.41. The van der Waals surface area contributed by atoms with Gasteiger partial charge in [-0.2, -0.15) is 0 Å². The van der Waals surface area contributed by atoms with Crippen molar-refractivity contribution in [2.45, 2.75) is 18.3 Å². The largest absolute Gasteiger partial charge is 0.373 e. The van der Waals surface area contributed by atoms with Gasteiger partial charge in [0, 0.05) is 21.3 Å². The molecule has 0 aromatic heterocycles. The van der Waals surface area contributed by atoms with Gasteiger partial charge >= 0.3 is 0 Å². The van der Waals surface area contributed by atoms with E-state index in [1.165, 1.54) is 0 Å². The SMILES string of the molecule is C=CC(OC)c1ccc(C(C=C)OC)c(C(C=C)OC)c1. The van der Waals surface area contributed by atoms with Crippen LogP contribution in [-0.4, -0.2) is 21.3 Å². The molecule has 0 aliphatic heterocycles. The normalized spacial score (nSPS) is 15.0. The van der Waals surface area contributed by atoms with E-state index < -0.39 is 0 Å². The Hall–Kier alpha value is -1.68. The molecule has 0 radical (unpaired) electrons. The summed E-state index contributed by atoms with van der Waals surface area (Å²) in [6.07, 6.45) is 4.70. The van der Waals surface area contributed by atoms with E-state index in [0.29, 0.717) is 0 Å². The van der Waals surface area contributed by atoms with E-state index in [1.807, 2.05) is 18.2 Å². The molecular formula is C18H24O3. The first-order chi connectivity index (χ1) is 10.2. The van der Waals surface area contributed by atoms with Crippen molar-refractivity contribution < 1.29 is 14.2 Å². The molecule has 114 valence electrons. The van der Waals surface area contributed by atoms with Gasteiger partial charge in [0.25, 0.3) is 0 Å². The first-order valence-corrected chi connectivity index (χ1v) is 6.76. The summed E-state index contributed by atoms with van der Waals surface area (Å²) in [6.45, 7) is 11.4. The average molecular weight is 288 g/mol. The maximum atomic E-state index is 5.49. The van der Waals surface area contributed by atoms with Gasteiger partial charge in [-0.1, -0.05) is 30.4 Å². The third-order valence-electron chi connectivity index (χ3n) is 3.46. The van der Waals surface area contributed by atoms with Crippen molar-refractivity contribution in [3.63, 3.8) is 0 Å². The number of ether oxygens (including phenoxy) is 3. The second kappa shape index (κ2) is 8.57. The fourth-order valence-electron chi connectivity index (χ4n) is 2.34. The van der Waals surface area contributed by atoms with E-state index in [0.717, 1.165) is 16.7 Å². The zero-order chi connectivity index (χ0) is 15.8. The molecule has 0 heterocycles. The number of hydrogen-bond donors (Lipinski definition) is 0. The Morgan fingerprint density at radius 3 is 1.67 bits per heavy atom. The van der Waals surface area contributed by atoms with Gasteiger partial charge in [0.1, 0.15) is 12.2 Å². The van der Waals surface area contributed by atoms with E-state index in [-0.39, 0.29) is 18.3 Å². The van der Waals surface area contributed by atoms with Crippen molar-refractivity contribution in [2.75, 3.05) is 21.3 Å². The van der Waals surface area contributed by atoms with Crippen LogP contribution in [0.25, 0.3) is 0 Å². The minimum Gasteiger partial charge on any atom is -0.373 e. The summed E-state index contributed by atoms with van der Waals surface area (Å²) in [6, 6.07) is 6.04. The molecule has 3 nitrogen and oxygen atoms in total. The van der Waals surface area contributed by atoms with Gasteiger partial charge < -0.3 is 14.2 Å². The van der Waals surface area contributed by atoms with E-state index in [1.54, 1.807) is 39.6 Å². The van der Waals surface area contributed by atoms with Crippen molar-refractivity contribution in [2.24, 2.45) is 0 Å². The minimum absolute atomic E-state index is 0.162. The lowest BCUT2D eigenvalue weighted by Gasteiger charge is -2.22. The lowest BCUT2D eigenvalue weighted by atomic mass is 9.93. The molecular weight excluding hydrogens is 264 g/mol. The predicted molar refractivity (Wildman–Crippen MR) is 86.3 cm³/mol. The van der Waals surface area contributed by atoms with Crippen LogP contribution >= 0.6 is 0 Å². The Labute approximate surface area is 127 Å². The smallest absolute Gasteiger partial charge is 0.100 e. The molecule has 1 aromatic carbocycles. The molecule has 0 amide bonds. The third kappa shape index (κ3) is 3.91. The highest BCUT2D eigenvalue weighted by Gasteiger charge is 2.19. The molecule has 0 spiro atoms.